The second kappa shape index (κ2) is 5.25. The lowest BCUT2D eigenvalue weighted by molar-refractivity contribution is 0.214. The maximum Gasteiger partial charge on any atom is 0.375 e. The van der Waals surface area contributed by atoms with Gasteiger partial charge in [-0.25, -0.2) is 9.59 Å². The summed E-state index contributed by atoms with van der Waals surface area (Å²) in [6.45, 7) is 0. The third kappa shape index (κ3) is 2.73. The summed E-state index contributed by atoms with van der Waals surface area (Å²) in [4.78, 5) is 28.6. The molecule has 98 valence electrons. The minimum Gasteiger partial charge on any atom is -0.329 e. The smallest absolute Gasteiger partial charge is 0.329 e. The molecule has 2 aromatic rings. The number of carbonyl (C=O) groups excluding carboxylic acids is 1. The van der Waals surface area contributed by atoms with Crippen LogP contribution in [0.15, 0.2) is 40.7 Å². The summed E-state index contributed by atoms with van der Waals surface area (Å²) >= 11 is 0. The van der Waals surface area contributed by atoms with E-state index >= 15 is 0 Å². The Labute approximate surface area is 108 Å². The van der Waals surface area contributed by atoms with Gasteiger partial charge < -0.3 is 4.90 Å². The lowest BCUT2D eigenvalue weighted by atomic mass is 10.3. The fourth-order valence-corrected chi connectivity index (χ4v) is 1.28. The first kappa shape index (κ1) is 12.7. The van der Waals surface area contributed by atoms with Crippen LogP contribution in [0, 0.1) is 0 Å². The Bertz CT molecular complexity index is 655. The van der Waals surface area contributed by atoms with Gasteiger partial charge in [0.15, 0.2) is 0 Å². The van der Waals surface area contributed by atoms with Crippen LogP contribution in [0.25, 0.3) is 0 Å². The Morgan fingerprint density at radius 3 is 2.89 bits per heavy atom. The molecule has 0 aliphatic carbocycles. The molecular weight excluding hydrogens is 248 g/mol. The zero-order chi connectivity index (χ0) is 13.8. The Hall–Kier alpha value is -2.77. The number of aromatic nitrogens is 4. The summed E-state index contributed by atoms with van der Waals surface area (Å²) in [7, 11) is 3.07. The van der Waals surface area contributed by atoms with Gasteiger partial charge in [0, 0.05) is 32.1 Å². The van der Waals surface area contributed by atoms with E-state index < -0.39 is 11.7 Å². The summed E-state index contributed by atoms with van der Waals surface area (Å²) in [5, 5.41) is 7.62. The molecule has 2 rings (SSSR count). The van der Waals surface area contributed by atoms with Crippen molar-refractivity contribution in [3.8, 4) is 0 Å². The van der Waals surface area contributed by atoms with E-state index in [1.165, 1.54) is 31.5 Å². The summed E-state index contributed by atoms with van der Waals surface area (Å²) < 4.78 is 1.72. The molecule has 8 nitrogen and oxygen atoms in total. The van der Waals surface area contributed by atoms with Crippen molar-refractivity contribution in [1.82, 2.24) is 24.3 Å². The van der Waals surface area contributed by atoms with Gasteiger partial charge in [-0.15, -0.1) is 9.78 Å². The second-order valence-electron chi connectivity index (χ2n) is 3.88. The minimum atomic E-state index is -0.626. The quantitative estimate of drug-likeness (QED) is 0.703. The monoisotopic (exact) mass is 260 g/mol. The highest BCUT2D eigenvalue weighted by Crippen LogP contribution is 1.91. The number of carbonyl (C=O) groups is 1. The summed E-state index contributed by atoms with van der Waals surface area (Å²) in [6.07, 6.45) is 5.87. The molecule has 0 spiro atoms. The second-order valence-corrected chi connectivity index (χ2v) is 3.88. The van der Waals surface area contributed by atoms with Gasteiger partial charge in [0.2, 0.25) is 0 Å². The SMILES string of the molecule is CN(C)C(=O)n1ncn(N=Cc2cccnc2)c1=O. The van der Waals surface area contributed by atoms with Gasteiger partial charge in [0.05, 0.1) is 6.21 Å². The van der Waals surface area contributed by atoms with Gasteiger partial charge in [0.25, 0.3) is 0 Å². The highest BCUT2D eigenvalue weighted by Gasteiger charge is 2.13. The summed E-state index contributed by atoms with van der Waals surface area (Å²) in [6, 6.07) is 3.01. The number of rotatable bonds is 2. The molecule has 2 heterocycles. The van der Waals surface area contributed by atoms with Crippen molar-refractivity contribution >= 4 is 12.2 Å². The maximum atomic E-state index is 11.8. The normalized spacial score (nSPS) is 10.8. The van der Waals surface area contributed by atoms with Crippen molar-refractivity contribution in [3.63, 3.8) is 0 Å². The Balaban J connectivity index is 2.26. The molecule has 0 unspecified atom stereocenters. The van der Waals surface area contributed by atoms with Crippen molar-refractivity contribution in [2.75, 3.05) is 14.1 Å². The third-order valence-corrected chi connectivity index (χ3v) is 2.23. The number of hydrogen-bond donors (Lipinski definition) is 0. The van der Waals surface area contributed by atoms with E-state index in [1.807, 2.05) is 0 Å². The van der Waals surface area contributed by atoms with Crippen molar-refractivity contribution in [2.45, 2.75) is 0 Å². The maximum absolute atomic E-state index is 11.8. The van der Waals surface area contributed by atoms with E-state index in [0.717, 1.165) is 14.9 Å². The predicted molar refractivity (Wildman–Crippen MR) is 68.2 cm³/mol. The molecule has 0 N–H and O–H groups in total. The lowest BCUT2D eigenvalue weighted by Crippen LogP contribution is -2.36. The molecule has 0 atom stereocenters. The van der Waals surface area contributed by atoms with Gasteiger partial charge >= 0.3 is 11.7 Å². The van der Waals surface area contributed by atoms with Gasteiger partial charge in [-0.1, -0.05) is 6.07 Å². The van der Waals surface area contributed by atoms with E-state index in [9.17, 15) is 9.59 Å². The molecule has 0 aliphatic heterocycles. The molecule has 0 saturated carbocycles. The highest BCUT2D eigenvalue weighted by molar-refractivity contribution is 5.78. The molecule has 8 heteroatoms. The molecule has 19 heavy (non-hydrogen) atoms. The molecule has 2 aromatic heterocycles. The van der Waals surface area contributed by atoms with E-state index in [1.54, 1.807) is 24.5 Å². The van der Waals surface area contributed by atoms with Crippen LogP contribution in [0.4, 0.5) is 4.79 Å². The van der Waals surface area contributed by atoms with Crippen molar-refractivity contribution in [1.29, 1.82) is 0 Å². The van der Waals surface area contributed by atoms with E-state index in [2.05, 4.69) is 15.2 Å². The standard InChI is InChI=1S/C11H12N6O2/c1-15(2)10(18)17-11(19)16(8-14-17)13-7-9-4-3-5-12-6-9/h3-8H,1-2H3. The molecule has 0 saturated heterocycles. The topological polar surface area (TPSA) is 85.4 Å². The number of amides is 1. The molecule has 0 aliphatic rings. The van der Waals surface area contributed by atoms with E-state index in [0.29, 0.717) is 0 Å². The Morgan fingerprint density at radius 2 is 2.26 bits per heavy atom. The lowest BCUT2D eigenvalue weighted by Gasteiger charge is -2.07. The number of nitrogens with zero attached hydrogens (tertiary/aromatic N) is 6. The molecule has 1 amide bonds. The number of hydrogen-bond acceptors (Lipinski definition) is 5. The zero-order valence-electron chi connectivity index (χ0n) is 10.5. The first-order valence-corrected chi connectivity index (χ1v) is 5.42. The van der Waals surface area contributed by atoms with Crippen LogP contribution in [0.5, 0.6) is 0 Å². The average molecular weight is 260 g/mol. The predicted octanol–water partition coefficient (Wildman–Crippen LogP) is -0.148. The third-order valence-electron chi connectivity index (χ3n) is 2.23. The molecule has 0 radical (unpaired) electrons. The number of pyridine rings is 1. The molecular formula is C11H12N6O2. The van der Waals surface area contributed by atoms with Crippen molar-refractivity contribution in [3.05, 3.63) is 46.9 Å². The van der Waals surface area contributed by atoms with Crippen LogP contribution >= 0.6 is 0 Å². The van der Waals surface area contributed by atoms with Gasteiger partial charge in [-0.2, -0.15) is 9.78 Å². The zero-order valence-corrected chi connectivity index (χ0v) is 10.5. The largest absolute Gasteiger partial charge is 0.375 e. The van der Waals surface area contributed by atoms with Gasteiger partial charge in [-0.05, 0) is 6.07 Å². The fourth-order valence-electron chi connectivity index (χ4n) is 1.28. The Kier molecular flexibility index (Phi) is 3.51. The van der Waals surface area contributed by atoms with E-state index in [4.69, 9.17) is 0 Å². The fraction of sp³-hybridized carbons (Fsp3) is 0.182. The highest BCUT2D eigenvalue weighted by atomic mass is 16.2. The van der Waals surface area contributed by atoms with Gasteiger partial charge in [-0.3, -0.25) is 4.98 Å². The van der Waals surface area contributed by atoms with Crippen LogP contribution in [-0.2, 0) is 0 Å². The first-order chi connectivity index (χ1) is 9.09. The molecule has 0 aromatic carbocycles. The molecule has 0 bridgehead atoms. The van der Waals surface area contributed by atoms with Crippen LogP contribution < -0.4 is 5.69 Å². The Morgan fingerprint density at radius 1 is 1.47 bits per heavy atom. The van der Waals surface area contributed by atoms with Crippen LogP contribution in [0.3, 0.4) is 0 Å². The molecule has 0 fully saturated rings. The minimum absolute atomic E-state index is 0.527. The summed E-state index contributed by atoms with van der Waals surface area (Å²) in [5.41, 5.74) is 0.111. The van der Waals surface area contributed by atoms with Crippen LogP contribution in [0.2, 0.25) is 0 Å². The van der Waals surface area contributed by atoms with Crippen molar-refractivity contribution in [2.24, 2.45) is 5.10 Å². The first-order valence-electron chi connectivity index (χ1n) is 5.42. The average Bonchev–Trinajstić information content (AvgIpc) is 2.78. The van der Waals surface area contributed by atoms with Gasteiger partial charge in [0.1, 0.15) is 6.33 Å². The van der Waals surface area contributed by atoms with Crippen LogP contribution in [0.1, 0.15) is 5.56 Å². The van der Waals surface area contributed by atoms with Crippen molar-refractivity contribution < 1.29 is 4.79 Å². The van der Waals surface area contributed by atoms with Crippen LogP contribution in [-0.4, -0.2) is 50.7 Å². The summed E-state index contributed by atoms with van der Waals surface area (Å²) in [5.74, 6) is 0. The van der Waals surface area contributed by atoms with E-state index in [-0.39, 0.29) is 0 Å².